The number of esters is 1. The Bertz CT molecular complexity index is 434. The summed E-state index contributed by atoms with van der Waals surface area (Å²) < 4.78 is 4.93. The van der Waals surface area contributed by atoms with E-state index in [-0.39, 0.29) is 12.0 Å². The van der Waals surface area contributed by atoms with Gasteiger partial charge in [0.25, 0.3) is 0 Å². The molecule has 1 aromatic carbocycles. The van der Waals surface area contributed by atoms with Crippen LogP contribution in [0.3, 0.4) is 0 Å². The van der Waals surface area contributed by atoms with Gasteiger partial charge in [0.1, 0.15) is 0 Å². The Hall–Kier alpha value is -2.02. The summed E-state index contributed by atoms with van der Waals surface area (Å²) in [6, 6.07) is 9.42. The van der Waals surface area contributed by atoms with Gasteiger partial charge in [0.15, 0.2) is 0 Å². The Morgan fingerprint density at radius 2 is 2.06 bits per heavy atom. The highest BCUT2D eigenvalue weighted by atomic mass is 16.5. The SMILES string of the molecule is CCOC(=O)CC(C)N(C)c1ccc(C#N)cc1. The second-order valence-electron chi connectivity index (χ2n) is 4.13. The van der Waals surface area contributed by atoms with E-state index in [4.69, 9.17) is 10.00 Å². The molecule has 0 saturated heterocycles. The average Bonchev–Trinajstić information content (AvgIpc) is 2.38. The molecule has 4 heteroatoms. The van der Waals surface area contributed by atoms with Crippen molar-refractivity contribution in [1.82, 2.24) is 0 Å². The smallest absolute Gasteiger partial charge is 0.307 e. The second-order valence-corrected chi connectivity index (χ2v) is 4.13. The highest BCUT2D eigenvalue weighted by Gasteiger charge is 2.15. The number of ether oxygens (including phenoxy) is 1. The normalized spacial score (nSPS) is 11.4. The van der Waals surface area contributed by atoms with Crippen LogP contribution in [0.15, 0.2) is 24.3 Å². The topological polar surface area (TPSA) is 53.3 Å². The van der Waals surface area contributed by atoms with Crippen molar-refractivity contribution in [3.05, 3.63) is 29.8 Å². The van der Waals surface area contributed by atoms with E-state index in [0.29, 0.717) is 18.6 Å². The van der Waals surface area contributed by atoms with Gasteiger partial charge in [-0.1, -0.05) is 0 Å². The fourth-order valence-electron chi connectivity index (χ4n) is 1.62. The Kier molecular flexibility index (Phi) is 5.19. The molecule has 4 nitrogen and oxygen atoms in total. The summed E-state index contributed by atoms with van der Waals surface area (Å²) >= 11 is 0. The zero-order chi connectivity index (χ0) is 13.5. The predicted octanol–water partition coefficient (Wildman–Crippen LogP) is 2.34. The molecule has 0 saturated carbocycles. The van der Waals surface area contributed by atoms with Crippen LogP contribution >= 0.6 is 0 Å². The molecule has 0 radical (unpaired) electrons. The van der Waals surface area contributed by atoms with Crippen molar-refractivity contribution < 1.29 is 9.53 Å². The summed E-state index contributed by atoms with van der Waals surface area (Å²) in [5, 5.41) is 8.73. The van der Waals surface area contributed by atoms with Crippen LogP contribution in [0.5, 0.6) is 0 Å². The fraction of sp³-hybridized carbons (Fsp3) is 0.429. The first-order chi connectivity index (χ1) is 8.58. The van der Waals surface area contributed by atoms with Gasteiger partial charge >= 0.3 is 5.97 Å². The van der Waals surface area contributed by atoms with Crippen LogP contribution in [0, 0.1) is 11.3 Å². The zero-order valence-corrected chi connectivity index (χ0v) is 11.0. The molecule has 0 spiro atoms. The van der Waals surface area contributed by atoms with Crippen LogP contribution in [0.4, 0.5) is 5.69 Å². The first kappa shape index (κ1) is 14.0. The Morgan fingerprint density at radius 1 is 1.44 bits per heavy atom. The summed E-state index contributed by atoms with van der Waals surface area (Å²) in [5.41, 5.74) is 1.61. The molecule has 0 N–H and O–H groups in total. The molecular formula is C14H18N2O2. The summed E-state index contributed by atoms with van der Waals surface area (Å²) in [5.74, 6) is -0.189. The van der Waals surface area contributed by atoms with E-state index >= 15 is 0 Å². The van der Waals surface area contributed by atoms with E-state index in [1.165, 1.54) is 0 Å². The second kappa shape index (κ2) is 6.65. The molecule has 0 aromatic heterocycles. The highest BCUT2D eigenvalue weighted by Crippen LogP contribution is 2.17. The minimum absolute atomic E-state index is 0.0528. The van der Waals surface area contributed by atoms with Crippen molar-refractivity contribution in [3.8, 4) is 6.07 Å². The molecule has 0 fully saturated rings. The molecule has 1 rings (SSSR count). The Balaban J connectivity index is 2.65. The minimum Gasteiger partial charge on any atom is -0.466 e. The number of hydrogen-bond donors (Lipinski definition) is 0. The first-order valence-corrected chi connectivity index (χ1v) is 5.97. The van der Waals surface area contributed by atoms with E-state index < -0.39 is 0 Å². The number of nitrogens with zero attached hydrogens (tertiary/aromatic N) is 2. The maximum atomic E-state index is 11.4. The number of anilines is 1. The standard InChI is InChI=1S/C14H18N2O2/c1-4-18-14(17)9-11(2)16(3)13-7-5-12(10-15)6-8-13/h5-8,11H,4,9H2,1-3H3. The molecule has 1 atom stereocenters. The van der Waals surface area contributed by atoms with E-state index in [1.807, 2.05) is 31.0 Å². The number of benzene rings is 1. The van der Waals surface area contributed by atoms with Gasteiger partial charge in [-0.2, -0.15) is 5.26 Å². The lowest BCUT2D eigenvalue weighted by Crippen LogP contribution is -2.31. The molecule has 0 bridgehead atoms. The van der Waals surface area contributed by atoms with Crippen LogP contribution in [0.1, 0.15) is 25.8 Å². The summed E-state index contributed by atoms with van der Waals surface area (Å²) in [6.07, 6.45) is 0.352. The molecule has 0 heterocycles. The number of rotatable bonds is 5. The largest absolute Gasteiger partial charge is 0.466 e. The maximum Gasteiger partial charge on any atom is 0.307 e. The van der Waals surface area contributed by atoms with Gasteiger partial charge in [-0.15, -0.1) is 0 Å². The van der Waals surface area contributed by atoms with Crippen LogP contribution in [-0.2, 0) is 9.53 Å². The van der Waals surface area contributed by atoms with Gasteiger partial charge in [-0.05, 0) is 38.1 Å². The summed E-state index contributed by atoms with van der Waals surface area (Å²) in [4.78, 5) is 13.4. The summed E-state index contributed by atoms with van der Waals surface area (Å²) in [7, 11) is 1.92. The fourth-order valence-corrected chi connectivity index (χ4v) is 1.62. The van der Waals surface area contributed by atoms with Gasteiger partial charge in [0, 0.05) is 18.8 Å². The Morgan fingerprint density at radius 3 is 2.56 bits per heavy atom. The number of nitriles is 1. The third kappa shape index (κ3) is 3.77. The van der Waals surface area contributed by atoms with Crippen molar-refractivity contribution in [3.63, 3.8) is 0 Å². The highest BCUT2D eigenvalue weighted by molar-refractivity contribution is 5.70. The third-order valence-corrected chi connectivity index (χ3v) is 2.83. The van der Waals surface area contributed by atoms with E-state index in [2.05, 4.69) is 6.07 Å². The lowest BCUT2D eigenvalue weighted by molar-refractivity contribution is -0.143. The van der Waals surface area contributed by atoms with Crippen molar-refractivity contribution >= 4 is 11.7 Å². The van der Waals surface area contributed by atoms with E-state index in [1.54, 1.807) is 19.1 Å². The minimum atomic E-state index is -0.189. The molecule has 0 aliphatic rings. The number of carbonyl (C=O) groups excluding carboxylic acids is 1. The van der Waals surface area contributed by atoms with Crippen LogP contribution in [-0.4, -0.2) is 25.7 Å². The molecule has 0 amide bonds. The lowest BCUT2D eigenvalue weighted by atomic mass is 10.1. The van der Waals surface area contributed by atoms with Gasteiger partial charge in [-0.25, -0.2) is 0 Å². The van der Waals surface area contributed by atoms with Crippen molar-refractivity contribution in [1.29, 1.82) is 5.26 Å². The lowest BCUT2D eigenvalue weighted by Gasteiger charge is -2.26. The van der Waals surface area contributed by atoms with Gasteiger partial charge < -0.3 is 9.64 Å². The zero-order valence-electron chi connectivity index (χ0n) is 11.0. The van der Waals surface area contributed by atoms with Crippen LogP contribution in [0.2, 0.25) is 0 Å². The van der Waals surface area contributed by atoms with Crippen LogP contribution < -0.4 is 4.90 Å². The number of carbonyl (C=O) groups is 1. The monoisotopic (exact) mass is 246 g/mol. The molecule has 0 aliphatic carbocycles. The van der Waals surface area contributed by atoms with Crippen molar-refractivity contribution in [2.75, 3.05) is 18.6 Å². The number of hydrogen-bond acceptors (Lipinski definition) is 4. The van der Waals surface area contributed by atoms with Gasteiger partial charge in [0.05, 0.1) is 24.7 Å². The predicted molar refractivity (Wildman–Crippen MR) is 70.3 cm³/mol. The van der Waals surface area contributed by atoms with Crippen molar-refractivity contribution in [2.24, 2.45) is 0 Å². The molecule has 18 heavy (non-hydrogen) atoms. The molecule has 1 unspecified atom stereocenters. The third-order valence-electron chi connectivity index (χ3n) is 2.83. The maximum absolute atomic E-state index is 11.4. The van der Waals surface area contributed by atoms with Crippen LogP contribution in [0.25, 0.3) is 0 Å². The van der Waals surface area contributed by atoms with Gasteiger partial charge in [0.2, 0.25) is 0 Å². The van der Waals surface area contributed by atoms with E-state index in [9.17, 15) is 4.79 Å². The molecule has 0 aliphatic heterocycles. The summed E-state index contributed by atoms with van der Waals surface area (Å²) in [6.45, 7) is 4.17. The van der Waals surface area contributed by atoms with E-state index in [0.717, 1.165) is 5.69 Å². The molecule has 1 aromatic rings. The molecule has 96 valence electrons. The first-order valence-electron chi connectivity index (χ1n) is 5.97. The Labute approximate surface area is 108 Å². The molecular weight excluding hydrogens is 228 g/mol. The van der Waals surface area contributed by atoms with Crippen molar-refractivity contribution in [2.45, 2.75) is 26.3 Å². The average molecular weight is 246 g/mol. The quantitative estimate of drug-likeness (QED) is 0.748. The van der Waals surface area contributed by atoms with Gasteiger partial charge in [-0.3, -0.25) is 4.79 Å².